The maximum absolute atomic E-state index is 11.6. The minimum atomic E-state index is -0.989. The molecule has 0 atom stereocenters. The molecule has 1 amide bonds. The molecular weight excluding hydrogens is 334 g/mol. The summed E-state index contributed by atoms with van der Waals surface area (Å²) in [5.41, 5.74) is 3.09. The van der Waals surface area contributed by atoms with Crippen LogP contribution in [0.2, 0.25) is 0 Å². The first-order valence-electron chi connectivity index (χ1n) is 8.31. The van der Waals surface area contributed by atoms with Crippen molar-refractivity contribution in [3.05, 3.63) is 59.2 Å². The average molecular weight is 357 g/mol. The van der Waals surface area contributed by atoms with Gasteiger partial charge in [0.2, 0.25) is 5.91 Å². The van der Waals surface area contributed by atoms with Gasteiger partial charge in [0, 0.05) is 13.0 Å². The molecule has 0 spiro atoms. The highest BCUT2D eigenvalue weighted by molar-refractivity contribution is 5.80. The summed E-state index contributed by atoms with van der Waals surface area (Å²) in [7, 11) is 1.56. The van der Waals surface area contributed by atoms with Gasteiger partial charge in [-0.15, -0.1) is 0 Å². The third kappa shape index (κ3) is 6.12. The van der Waals surface area contributed by atoms with Crippen LogP contribution in [0, 0.1) is 6.92 Å². The summed E-state index contributed by atoms with van der Waals surface area (Å²) in [6.45, 7) is 2.76. The number of aliphatic carboxylic acids is 1. The lowest BCUT2D eigenvalue weighted by molar-refractivity contribution is -0.138. The van der Waals surface area contributed by atoms with Gasteiger partial charge < -0.3 is 19.9 Å². The SMILES string of the molecule is COc1cc(CNC(=O)CCC(=O)O)ccc1OCc1cccc(C)c1. The fraction of sp³-hybridized carbons (Fsp3) is 0.300. The molecule has 0 bridgehead atoms. The molecule has 2 rings (SSSR count). The molecule has 0 saturated heterocycles. The summed E-state index contributed by atoms with van der Waals surface area (Å²) >= 11 is 0. The molecular formula is C20H23NO5. The van der Waals surface area contributed by atoms with Crippen LogP contribution in [-0.4, -0.2) is 24.1 Å². The number of hydrogen-bond donors (Lipinski definition) is 2. The highest BCUT2D eigenvalue weighted by Crippen LogP contribution is 2.29. The molecule has 26 heavy (non-hydrogen) atoms. The molecule has 0 unspecified atom stereocenters. The monoisotopic (exact) mass is 357 g/mol. The summed E-state index contributed by atoms with van der Waals surface area (Å²) in [6.07, 6.45) is -0.217. The number of ether oxygens (including phenoxy) is 2. The second-order valence-corrected chi connectivity index (χ2v) is 5.93. The number of amides is 1. The number of carbonyl (C=O) groups is 2. The van der Waals surface area contributed by atoms with E-state index in [1.807, 2.05) is 31.2 Å². The number of carboxylic acid groups (broad SMARTS) is 1. The van der Waals surface area contributed by atoms with Crippen LogP contribution in [0.1, 0.15) is 29.5 Å². The summed E-state index contributed by atoms with van der Waals surface area (Å²) in [4.78, 5) is 22.1. The average Bonchev–Trinajstić information content (AvgIpc) is 2.63. The molecule has 0 heterocycles. The van der Waals surface area contributed by atoms with Crippen molar-refractivity contribution in [1.29, 1.82) is 0 Å². The lowest BCUT2D eigenvalue weighted by Crippen LogP contribution is -2.23. The number of carboxylic acids is 1. The predicted octanol–water partition coefficient (Wildman–Crippen LogP) is 3.06. The van der Waals surface area contributed by atoms with E-state index in [1.165, 1.54) is 5.56 Å². The summed E-state index contributed by atoms with van der Waals surface area (Å²) in [5, 5.41) is 11.3. The van der Waals surface area contributed by atoms with Gasteiger partial charge in [0.25, 0.3) is 0 Å². The topological polar surface area (TPSA) is 84.9 Å². The molecule has 2 N–H and O–H groups in total. The van der Waals surface area contributed by atoms with E-state index in [0.29, 0.717) is 24.7 Å². The van der Waals surface area contributed by atoms with Crippen LogP contribution in [0.15, 0.2) is 42.5 Å². The number of aryl methyl sites for hydroxylation is 1. The first-order valence-corrected chi connectivity index (χ1v) is 8.31. The molecule has 0 aliphatic carbocycles. The van der Waals surface area contributed by atoms with E-state index in [1.54, 1.807) is 19.2 Å². The summed E-state index contributed by atoms with van der Waals surface area (Å²) in [5.74, 6) is -0.0898. The molecule has 6 heteroatoms. The highest BCUT2D eigenvalue weighted by Gasteiger charge is 2.09. The Morgan fingerprint density at radius 3 is 2.54 bits per heavy atom. The molecule has 0 fully saturated rings. The van der Waals surface area contributed by atoms with E-state index in [2.05, 4.69) is 11.4 Å². The van der Waals surface area contributed by atoms with Crippen molar-refractivity contribution in [2.45, 2.75) is 32.9 Å². The summed E-state index contributed by atoms with van der Waals surface area (Å²) < 4.78 is 11.2. The minimum Gasteiger partial charge on any atom is -0.493 e. The maximum Gasteiger partial charge on any atom is 0.303 e. The smallest absolute Gasteiger partial charge is 0.303 e. The number of carbonyl (C=O) groups excluding carboxylic acids is 1. The van der Waals surface area contributed by atoms with Gasteiger partial charge in [-0.25, -0.2) is 0 Å². The molecule has 0 saturated carbocycles. The van der Waals surface area contributed by atoms with Crippen molar-refractivity contribution in [2.75, 3.05) is 7.11 Å². The molecule has 0 radical (unpaired) electrons. The minimum absolute atomic E-state index is 0.0375. The second kappa shape index (κ2) is 9.46. The van der Waals surface area contributed by atoms with Gasteiger partial charge in [-0.05, 0) is 30.2 Å². The van der Waals surface area contributed by atoms with Gasteiger partial charge in [-0.2, -0.15) is 0 Å². The van der Waals surface area contributed by atoms with Gasteiger partial charge >= 0.3 is 5.97 Å². The van der Waals surface area contributed by atoms with E-state index in [0.717, 1.165) is 11.1 Å². The Hall–Kier alpha value is -3.02. The van der Waals surface area contributed by atoms with Crippen LogP contribution in [0.4, 0.5) is 0 Å². The first-order chi connectivity index (χ1) is 12.5. The number of benzene rings is 2. The Morgan fingerprint density at radius 1 is 1.04 bits per heavy atom. The molecule has 138 valence electrons. The molecule has 0 aromatic heterocycles. The van der Waals surface area contributed by atoms with E-state index in [4.69, 9.17) is 14.6 Å². The Balaban J connectivity index is 1.94. The van der Waals surface area contributed by atoms with E-state index in [9.17, 15) is 9.59 Å². The molecule has 0 aliphatic heterocycles. The quantitative estimate of drug-likeness (QED) is 0.720. The van der Waals surface area contributed by atoms with E-state index in [-0.39, 0.29) is 18.7 Å². The third-order valence-corrected chi connectivity index (χ3v) is 3.76. The van der Waals surface area contributed by atoms with E-state index < -0.39 is 5.97 Å². The van der Waals surface area contributed by atoms with Crippen LogP contribution in [0.5, 0.6) is 11.5 Å². The second-order valence-electron chi connectivity index (χ2n) is 5.93. The van der Waals surface area contributed by atoms with Crippen LogP contribution in [-0.2, 0) is 22.7 Å². The van der Waals surface area contributed by atoms with Crippen molar-refractivity contribution in [2.24, 2.45) is 0 Å². The van der Waals surface area contributed by atoms with Crippen LogP contribution >= 0.6 is 0 Å². The van der Waals surface area contributed by atoms with Crippen molar-refractivity contribution in [3.8, 4) is 11.5 Å². The van der Waals surface area contributed by atoms with Crippen LogP contribution in [0.25, 0.3) is 0 Å². The lowest BCUT2D eigenvalue weighted by Gasteiger charge is -2.13. The standard InChI is InChI=1S/C20H23NO5/c1-14-4-3-5-16(10-14)13-26-17-7-6-15(11-18(17)25-2)12-21-19(22)8-9-20(23)24/h3-7,10-11H,8-9,12-13H2,1-2H3,(H,21,22)(H,23,24). The van der Waals surface area contributed by atoms with Gasteiger partial charge in [0.15, 0.2) is 11.5 Å². The van der Waals surface area contributed by atoms with Gasteiger partial charge in [0.05, 0.1) is 13.5 Å². The van der Waals surface area contributed by atoms with Gasteiger partial charge in [-0.1, -0.05) is 35.9 Å². The molecule has 6 nitrogen and oxygen atoms in total. The Kier molecular flexibility index (Phi) is 7.02. The zero-order chi connectivity index (χ0) is 18.9. The molecule has 0 aliphatic rings. The molecule has 2 aromatic carbocycles. The predicted molar refractivity (Wildman–Crippen MR) is 97.2 cm³/mol. The van der Waals surface area contributed by atoms with Crippen molar-refractivity contribution in [1.82, 2.24) is 5.32 Å². The number of methoxy groups -OCH3 is 1. The molecule has 2 aromatic rings. The van der Waals surface area contributed by atoms with Crippen LogP contribution < -0.4 is 14.8 Å². The fourth-order valence-corrected chi connectivity index (χ4v) is 2.41. The van der Waals surface area contributed by atoms with Crippen LogP contribution in [0.3, 0.4) is 0 Å². The van der Waals surface area contributed by atoms with Crippen molar-refractivity contribution >= 4 is 11.9 Å². The normalized spacial score (nSPS) is 10.2. The zero-order valence-corrected chi connectivity index (χ0v) is 15.0. The Morgan fingerprint density at radius 2 is 1.85 bits per heavy atom. The van der Waals surface area contributed by atoms with Gasteiger partial charge in [0.1, 0.15) is 6.61 Å². The fourth-order valence-electron chi connectivity index (χ4n) is 2.41. The zero-order valence-electron chi connectivity index (χ0n) is 15.0. The number of hydrogen-bond acceptors (Lipinski definition) is 4. The number of rotatable bonds is 9. The third-order valence-electron chi connectivity index (χ3n) is 3.76. The largest absolute Gasteiger partial charge is 0.493 e. The van der Waals surface area contributed by atoms with Crippen molar-refractivity contribution < 1.29 is 24.2 Å². The summed E-state index contributed by atoms with van der Waals surface area (Å²) in [6, 6.07) is 13.5. The Bertz CT molecular complexity index is 773. The Labute approximate surface area is 152 Å². The first kappa shape index (κ1) is 19.3. The highest BCUT2D eigenvalue weighted by atomic mass is 16.5. The number of nitrogens with one attached hydrogen (secondary N) is 1. The van der Waals surface area contributed by atoms with Crippen molar-refractivity contribution in [3.63, 3.8) is 0 Å². The lowest BCUT2D eigenvalue weighted by atomic mass is 10.1. The van der Waals surface area contributed by atoms with Gasteiger partial charge in [-0.3, -0.25) is 9.59 Å². The van der Waals surface area contributed by atoms with E-state index >= 15 is 0 Å². The maximum atomic E-state index is 11.6.